The Bertz CT molecular complexity index is 724. The van der Waals surface area contributed by atoms with E-state index in [9.17, 15) is 30.6 Å². The number of phenols is 5. The topological polar surface area (TPSA) is 131 Å². The van der Waals surface area contributed by atoms with Gasteiger partial charge < -0.3 is 35.4 Å². The highest BCUT2D eigenvalue weighted by molar-refractivity contribution is 5.68. The lowest BCUT2D eigenvalue weighted by Crippen LogP contribution is -2.30. The fourth-order valence-electron chi connectivity index (χ4n) is 2.52. The van der Waals surface area contributed by atoms with Gasteiger partial charge in [0, 0.05) is 12.0 Å². The van der Waals surface area contributed by atoms with Crippen molar-refractivity contribution in [2.45, 2.75) is 18.6 Å². The SMILES string of the molecule is Oc1ccc([C@H]2Oc3c(O)c(O)c(O)c(O)c3C[C@H]2O)cc1. The predicted octanol–water partition coefficient (Wildman–Crippen LogP) is 1.25. The summed E-state index contributed by atoms with van der Waals surface area (Å²) in [6, 6.07) is 5.94. The monoisotopic (exact) mass is 306 g/mol. The van der Waals surface area contributed by atoms with Gasteiger partial charge >= 0.3 is 0 Å². The molecule has 7 nitrogen and oxygen atoms in total. The molecule has 3 rings (SSSR count). The minimum atomic E-state index is -1.05. The predicted molar refractivity (Wildman–Crippen MR) is 74.3 cm³/mol. The zero-order valence-corrected chi connectivity index (χ0v) is 11.3. The van der Waals surface area contributed by atoms with Gasteiger partial charge in [-0.25, -0.2) is 0 Å². The van der Waals surface area contributed by atoms with E-state index in [1.807, 2.05) is 0 Å². The molecule has 6 N–H and O–H groups in total. The van der Waals surface area contributed by atoms with Crippen molar-refractivity contribution in [2.75, 3.05) is 0 Å². The molecule has 0 unspecified atom stereocenters. The molecule has 0 amide bonds. The van der Waals surface area contributed by atoms with E-state index >= 15 is 0 Å². The third-order valence-electron chi connectivity index (χ3n) is 3.68. The first-order valence-corrected chi connectivity index (χ1v) is 6.52. The molecule has 1 heterocycles. The number of ether oxygens (including phenoxy) is 1. The molecular weight excluding hydrogens is 292 g/mol. The summed E-state index contributed by atoms with van der Waals surface area (Å²) in [7, 11) is 0. The van der Waals surface area contributed by atoms with Crippen molar-refractivity contribution in [3.63, 3.8) is 0 Å². The van der Waals surface area contributed by atoms with Crippen molar-refractivity contribution in [1.29, 1.82) is 0 Å². The number of hydrogen-bond donors (Lipinski definition) is 6. The minimum Gasteiger partial charge on any atom is -0.508 e. The molecule has 116 valence electrons. The average molecular weight is 306 g/mol. The Morgan fingerprint density at radius 3 is 2.05 bits per heavy atom. The van der Waals surface area contributed by atoms with Gasteiger partial charge in [-0.1, -0.05) is 12.1 Å². The molecule has 0 saturated heterocycles. The first-order valence-electron chi connectivity index (χ1n) is 6.52. The molecule has 7 heteroatoms. The lowest BCUT2D eigenvalue weighted by molar-refractivity contribution is 0.0176. The molecule has 1 aliphatic heterocycles. The molecule has 0 saturated carbocycles. The largest absolute Gasteiger partial charge is 0.508 e. The summed E-state index contributed by atoms with van der Waals surface area (Å²) in [5, 5.41) is 58.3. The number of phenolic OH excluding ortho intramolecular Hbond substituents is 5. The molecular formula is C15H14O7. The number of benzene rings is 2. The highest BCUT2D eigenvalue weighted by Crippen LogP contribution is 2.54. The quantitative estimate of drug-likeness (QED) is 0.345. The lowest BCUT2D eigenvalue weighted by atomic mass is 9.93. The molecule has 0 spiro atoms. The van der Waals surface area contributed by atoms with E-state index in [1.165, 1.54) is 12.1 Å². The Morgan fingerprint density at radius 1 is 0.818 bits per heavy atom. The second-order valence-corrected chi connectivity index (χ2v) is 5.10. The van der Waals surface area contributed by atoms with E-state index in [-0.39, 0.29) is 23.5 Å². The van der Waals surface area contributed by atoms with Crippen molar-refractivity contribution in [3.8, 4) is 34.5 Å². The van der Waals surface area contributed by atoms with Crippen LogP contribution in [0.2, 0.25) is 0 Å². The van der Waals surface area contributed by atoms with Crippen molar-refractivity contribution >= 4 is 0 Å². The second kappa shape index (κ2) is 4.88. The summed E-state index contributed by atoms with van der Waals surface area (Å²) >= 11 is 0. The number of fused-ring (bicyclic) bond motifs is 1. The van der Waals surface area contributed by atoms with E-state index in [1.54, 1.807) is 12.1 Å². The third kappa shape index (κ3) is 2.03. The van der Waals surface area contributed by atoms with Crippen LogP contribution in [0.1, 0.15) is 17.2 Å². The van der Waals surface area contributed by atoms with Crippen LogP contribution in [0.3, 0.4) is 0 Å². The van der Waals surface area contributed by atoms with Gasteiger partial charge in [-0.05, 0) is 17.7 Å². The van der Waals surface area contributed by atoms with Crippen molar-refractivity contribution in [2.24, 2.45) is 0 Å². The van der Waals surface area contributed by atoms with E-state index in [2.05, 4.69) is 0 Å². The molecule has 0 fully saturated rings. The summed E-state index contributed by atoms with van der Waals surface area (Å²) in [6.45, 7) is 0. The fraction of sp³-hybridized carbons (Fsp3) is 0.200. The molecule has 0 radical (unpaired) electrons. The van der Waals surface area contributed by atoms with Gasteiger partial charge in [-0.3, -0.25) is 0 Å². The Morgan fingerprint density at radius 2 is 1.41 bits per heavy atom. The van der Waals surface area contributed by atoms with Gasteiger partial charge in [-0.15, -0.1) is 0 Å². The molecule has 2 aromatic carbocycles. The zero-order valence-electron chi connectivity index (χ0n) is 11.3. The van der Waals surface area contributed by atoms with Gasteiger partial charge in [0.2, 0.25) is 17.2 Å². The van der Waals surface area contributed by atoms with Gasteiger partial charge in [0.15, 0.2) is 17.6 Å². The van der Waals surface area contributed by atoms with Crippen LogP contribution >= 0.6 is 0 Å². The van der Waals surface area contributed by atoms with E-state index in [0.29, 0.717) is 5.56 Å². The van der Waals surface area contributed by atoms with Gasteiger partial charge in [0.25, 0.3) is 0 Å². The van der Waals surface area contributed by atoms with Gasteiger partial charge in [0.1, 0.15) is 5.75 Å². The Balaban J connectivity index is 2.07. The Labute approximate surface area is 124 Å². The Kier molecular flexibility index (Phi) is 3.14. The van der Waals surface area contributed by atoms with Crippen molar-refractivity contribution in [1.82, 2.24) is 0 Å². The number of hydrogen-bond acceptors (Lipinski definition) is 7. The van der Waals surface area contributed by atoms with E-state index < -0.39 is 35.2 Å². The molecule has 0 aliphatic carbocycles. The summed E-state index contributed by atoms with van der Waals surface area (Å²) in [5.74, 6) is -3.25. The lowest BCUT2D eigenvalue weighted by Gasteiger charge is -2.32. The van der Waals surface area contributed by atoms with Crippen LogP contribution in [-0.4, -0.2) is 36.7 Å². The van der Waals surface area contributed by atoms with Crippen LogP contribution in [0, 0.1) is 0 Å². The minimum absolute atomic E-state index is 0.00956. The maximum absolute atomic E-state index is 10.2. The molecule has 1 aliphatic rings. The first kappa shape index (κ1) is 14.2. The normalized spacial score (nSPS) is 20.2. The smallest absolute Gasteiger partial charge is 0.208 e. The number of aliphatic hydroxyl groups excluding tert-OH is 1. The second-order valence-electron chi connectivity index (χ2n) is 5.10. The molecule has 0 aromatic heterocycles. The van der Waals surface area contributed by atoms with Crippen LogP contribution in [0.25, 0.3) is 0 Å². The third-order valence-corrected chi connectivity index (χ3v) is 3.68. The number of aromatic hydroxyl groups is 5. The van der Waals surface area contributed by atoms with Crippen molar-refractivity contribution < 1.29 is 35.4 Å². The average Bonchev–Trinajstić information content (AvgIpc) is 2.51. The maximum atomic E-state index is 10.2. The highest BCUT2D eigenvalue weighted by Gasteiger charge is 2.36. The number of aliphatic hydroxyl groups is 1. The van der Waals surface area contributed by atoms with E-state index in [0.717, 1.165) is 0 Å². The maximum Gasteiger partial charge on any atom is 0.208 e. The fourth-order valence-corrected chi connectivity index (χ4v) is 2.52. The molecule has 22 heavy (non-hydrogen) atoms. The highest BCUT2D eigenvalue weighted by atomic mass is 16.5. The van der Waals surface area contributed by atoms with Crippen molar-refractivity contribution in [3.05, 3.63) is 35.4 Å². The molecule has 2 atom stereocenters. The summed E-state index contributed by atoms with van der Waals surface area (Å²) < 4.78 is 5.50. The summed E-state index contributed by atoms with van der Waals surface area (Å²) in [5.41, 5.74) is 0.553. The van der Waals surface area contributed by atoms with E-state index in [4.69, 9.17) is 4.74 Å². The molecule has 0 bridgehead atoms. The van der Waals surface area contributed by atoms with Crippen LogP contribution < -0.4 is 4.74 Å². The van der Waals surface area contributed by atoms with Crippen LogP contribution in [0.15, 0.2) is 24.3 Å². The summed E-state index contributed by atoms with van der Waals surface area (Å²) in [4.78, 5) is 0. The van der Waals surface area contributed by atoms with Gasteiger partial charge in [-0.2, -0.15) is 0 Å². The van der Waals surface area contributed by atoms with Crippen LogP contribution in [0.4, 0.5) is 0 Å². The standard InChI is InChI=1S/C15H14O7/c16-7-3-1-6(2-4-7)14-9(17)5-8-10(18)11(19)12(20)13(21)15(8)22-14/h1-4,9,14,16-21H,5H2/t9-,14-/m1/s1. The zero-order chi connectivity index (χ0) is 16.0. The molecule has 2 aromatic rings. The number of rotatable bonds is 1. The summed E-state index contributed by atoms with van der Waals surface area (Å²) in [6.07, 6.45) is -2.00. The first-order chi connectivity index (χ1) is 10.4. The van der Waals surface area contributed by atoms with Crippen LogP contribution in [-0.2, 0) is 6.42 Å². The van der Waals surface area contributed by atoms with Crippen LogP contribution in [0.5, 0.6) is 34.5 Å². The van der Waals surface area contributed by atoms with Gasteiger partial charge in [0.05, 0.1) is 6.10 Å². The Hall–Kier alpha value is -2.80.